The van der Waals surface area contributed by atoms with Crippen LogP contribution in [-0.2, 0) is 0 Å². The number of hydrogen-bond donors (Lipinski definition) is 2. The third kappa shape index (κ3) is 3.03. The number of carbonyl (C=O) groups is 1. The Morgan fingerprint density at radius 2 is 2.00 bits per heavy atom. The lowest BCUT2D eigenvalue weighted by Crippen LogP contribution is -2.35. The van der Waals surface area contributed by atoms with E-state index in [1.54, 1.807) is 6.07 Å². The predicted octanol–water partition coefficient (Wildman–Crippen LogP) is 3.95. The molecule has 0 aliphatic carbocycles. The average Bonchev–Trinajstić information content (AvgIpc) is 2.92. The van der Waals surface area contributed by atoms with Gasteiger partial charge in [-0.3, -0.25) is 4.79 Å². The van der Waals surface area contributed by atoms with Gasteiger partial charge in [-0.15, -0.1) is 0 Å². The molecule has 1 aromatic heterocycles. The summed E-state index contributed by atoms with van der Waals surface area (Å²) < 4.78 is 41.0. The molecule has 3 rings (SSSR count). The number of hydrogen-bond acceptors (Lipinski definition) is 3. The maximum atomic E-state index is 13.4. The minimum absolute atomic E-state index is 0.0634. The van der Waals surface area contributed by atoms with E-state index >= 15 is 0 Å². The minimum atomic E-state index is -4.54. The van der Waals surface area contributed by atoms with Gasteiger partial charge in [0.05, 0.1) is 16.1 Å². The van der Waals surface area contributed by atoms with Gasteiger partial charge in [0.15, 0.2) is 11.7 Å². The Hall–Kier alpha value is -1.93. The number of rotatable bonds is 2. The Morgan fingerprint density at radius 3 is 2.58 bits per heavy atom. The highest BCUT2D eigenvalue weighted by Crippen LogP contribution is 2.44. The van der Waals surface area contributed by atoms with Crippen LogP contribution < -0.4 is 11.1 Å². The molecular weight excluding hydrogens is 368 g/mol. The molecule has 0 bridgehead atoms. The van der Waals surface area contributed by atoms with Gasteiger partial charge >= 0.3 is 6.18 Å². The Kier molecular flexibility index (Phi) is 4.13. The van der Waals surface area contributed by atoms with Crippen LogP contribution in [0.25, 0.3) is 0 Å². The van der Waals surface area contributed by atoms with Crippen molar-refractivity contribution in [3.8, 4) is 0 Å². The molecule has 2 atom stereocenters. The molecule has 0 spiro atoms. The standard InChI is InChI=1S/C14H11Cl2F3N4O/c15-7-2-1-6(3-8(7)16)9-4-11(14(17,18)19)23-12(21-9)5-10(22-23)13(20)24/h1-3,5,9,11,21H,4H2,(H2,20,24)/t9-,11-/m1/s1. The summed E-state index contributed by atoms with van der Waals surface area (Å²) in [5.74, 6) is -0.834. The quantitative estimate of drug-likeness (QED) is 0.830. The maximum absolute atomic E-state index is 13.4. The first-order chi connectivity index (χ1) is 11.2. The molecule has 128 valence electrons. The number of primary amides is 1. The van der Waals surface area contributed by atoms with Crippen LogP contribution in [0.1, 0.15) is 34.6 Å². The van der Waals surface area contributed by atoms with Gasteiger partial charge in [-0.05, 0) is 17.7 Å². The summed E-state index contributed by atoms with van der Waals surface area (Å²) in [6, 6.07) is 3.27. The normalized spacial score (nSPS) is 20.4. The molecule has 3 N–H and O–H groups in total. The van der Waals surface area contributed by atoms with Crippen molar-refractivity contribution in [1.82, 2.24) is 9.78 Å². The number of halogens is 5. The summed E-state index contributed by atoms with van der Waals surface area (Å²) >= 11 is 11.8. The smallest absolute Gasteiger partial charge is 0.364 e. The van der Waals surface area contributed by atoms with E-state index in [0.717, 1.165) is 4.68 Å². The summed E-state index contributed by atoms with van der Waals surface area (Å²) in [6.45, 7) is 0. The molecule has 1 amide bonds. The molecule has 0 saturated carbocycles. The van der Waals surface area contributed by atoms with Crippen molar-refractivity contribution in [2.75, 3.05) is 5.32 Å². The molecule has 1 aromatic carbocycles. The zero-order valence-electron chi connectivity index (χ0n) is 11.9. The molecule has 0 saturated heterocycles. The van der Waals surface area contributed by atoms with Crippen molar-refractivity contribution in [2.45, 2.75) is 24.7 Å². The minimum Gasteiger partial charge on any atom is -0.364 e. The van der Waals surface area contributed by atoms with Gasteiger partial charge in [0.1, 0.15) is 5.82 Å². The number of alkyl halides is 3. The number of nitrogens with zero attached hydrogens (tertiary/aromatic N) is 2. The first-order valence-electron chi connectivity index (χ1n) is 6.84. The van der Waals surface area contributed by atoms with Crippen LogP contribution in [0.4, 0.5) is 19.0 Å². The molecule has 1 aliphatic heterocycles. The second-order valence-corrected chi connectivity index (χ2v) is 6.20. The summed E-state index contributed by atoms with van der Waals surface area (Å²) in [5, 5.41) is 7.16. The van der Waals surface area contributed by atoms with E-state index in [-0.39, 0.29) is 23.0 Å². The molecule has 0 radical (unpaired) electrons. The summed E-state index contributed by atoms with van der Waals surface area (Å²) in [5.41, 5.74) is 5.42. The van der Waals surface area contributed by atoms with Crippen molar-refractivity contribution in [2.24, 2.45) is 5.73 Å². The number of amides is 1. The summed E-state index contributed by atoms with van der Waals surface area (Å²) in [6.07, 6.45) is -4.85. The van der Waals surface area contributed by atoms with Crippen LogP contribution in [0.15, 0.2) is 24.3 Å². The van der Waals surface area contributed by atoms with Gasteiger partial charge < -0.3 is 11.1 Å². The number of carbonyl (C=O) groups excluding carboxylic acids is 1. The lowest BCUT2D eigenvalue weighted by Gasteiger charge is -2.33. The number of nitrogens with two attached hydrogens (primary N) is 1. The average molecular weight is 379 g/mol. The zero-order chi connectivity index (χ0) is 17.6. The van der Waals surface area contributed by atoms with E-state index in [1.807, 2.05) is 0 Å². The molecule has 5 nitrogen and oxygen atoms in total. The predicted molar refractivity (Wildman–Crippen MR) is 83.3 cm³/mol. The zero-order valence-corrected chi connectivity index (χ0v) is 13.5. The summed E-state index contributed by atoms with van der Waals surface area (Å²) in [4.78, 5) is 11.2. The van der Waals surface area contributed by atoms with Crippen molar-refractivity contribution in [3.63, 3.8) is 0 Å². The highest BCUT2D eigenvalue weighted by molar-refractivity contribution is 6.42. The molecule has 2 aromatic rings. The third-order valence-corrected chi connectivity index (χ3v) is 4.53. The monoisotopic (exact) mass is 378 g/mol. The molecule has 10 heteroatoms. The lowest BCUT2D eigenvalue weighted by atomic mass is 9.97. The highest BCUT2D eigenvalue weighted by atomic mass is 35.5. The molecule has 24 heavy (non-hydrogen) atoms. The van der Waals surface area contributed by atoms with Crippen molar-refractivity contribution < 1.29 is 18.0 Å². The molecule has 0 fully saturated rings. The first-order valence-corrected chi connectivity index (χ1v) is 7.60. The van der Waals surface area contributed by atoms with Gasteiger partial charge in [0.25, 0.3) is 5.91 Å². The van der Waals surface area contributed by atoms with Crippen LogP contribution in [0.3, 0.4) is 0 Å². The second kappa shape index (κ2) is 5.86. The van der Waals surface area contributed by atoms with Gasteiger partial charge in [0.2, 0.25) is 0 Å². The van der Waals surface area contributed by atoms with Gasteiger partial charge in [0, 0.05) is 12.5 Å². The van der Waals surface area contributed by atoms with E-state index in [9.17, 15) is 18.0 Å². The SMILES string of the molecule is NC(=O)c1cc2n(n1)[C@@H](C(F)(F)F)C[C@H](c1ccc(Cl)c(Cl)c1)N2. The van der Waals surface area contributed by atoms with Crippen LogP contribution >= 0.6 is 23.2 Å². The van der Waals surface area contributed by atoms with E-state index in [2.05, 4.69) is 10.4 Å². The summed E-state index contributed by atoms with van der Waals surface area (Å²) in [7, 11) is 0. The van der Waals surface area contributed by atoms with E-state index in [4.69, 9.17) is 28.9 Å². The Bertz CT molecular complexity index is 806. The van der Waals surface area contributed by atoms with Crippen molar-refractivity contribution in [1.29, 1.82) is 0 Å². The lowest BCUT2D eigenvalue weighted by molar-refractivity contribution is -0.173. The van der Waals surface area contributed by atoms with Crippen molar-refractivity contribution in [3.05, 3.63) is 45.6 Å². The van der Waals surface area contributed by atoms with Crippen LogP contribution in [0, 0.1) is 0 Å². The number of nitrogens with one attached hydrogen (secondary N) is 1. The fourth-order valence-corrected chi connectivity index (χ4v) is 2.95. The number of fused-ring (bicyclic) bond motifs is 1. The molecule has 2 heterocycles. The Balaban J connectivity index is 2.03. The Labute approximate surface area is 144 Å². The van der Waals surface area contributed by atoms with Gasteiger partial charge in [-0.25, -0.2) is 4.68 Å². The Morgan fingerprint density at radius 1 is 1.29 bits per heavy atom. The molecule has 0 unspecified atom stereocenters. The fourth-order valence-electron chi connectivity index (χ4n) is 2.64. The van der Waals surface area contributed by atoms with Crippen molar-refractivity contribution >= 4 is 34.9 Å². The third-order valence-electron chi connectivity index (χ3n) is 3.79. The maximum Gasteiger partial charge on any atom is 0.410 e. The highest BCUT2D eigenvalue weighted by Gasteiger charge is 2.46. The number of anilines is 1. The van der Waals surface area contributed by atoms with E-state index < -0.39 is 24.2 Å². The van der Waals surface area contributed by atoms with Crippen LogP contribution in [0.5, 0.6) is 0 Å². The fraction of sp³-hybridized carbons (Fsp3) is 0.286. The molecule has 1 aliphatic rings. The molecular formula is C14H11Cl2F3N4O. The van der Waals surface area contributed by atoms with E-state index in [1.165, 1.54) is 18.2 Å². The van der Waals surface area contributed by atoms with Gasteiger partial charge in [-0.1, -0.05) is 29.3 Å². The number of aromatic nitrogens is 2. The number of benzene rings is 1. The second-order valence-electron chi connectivity index (χ2n) is 5.39. The van der Waals surface area contributed by atoms with Crippen LogP contribution in [0.2, 0.25) is 10.0 Å². The van der Waals surface area contributed by atoms with E-state index in [0.29, 0.717) is 10.6 Å². The van der Waals surface area contributed by atoms with Gasteiger partial charge in [-0.2, -0.15) is 18.3 Å². The topological polar surface area (TPSA) is 72.9 Å². The first kappa shape index (κ1) is 16.9. The van der Waals surface area contributed by atoms with Crippen LogP contribution in [-0.4, -0.2) is 21.9 Å². The largest absolute Gasteiger partial charge is 0.410 e.